The SMILES string of the molecule is CC(C)NC(=O)N(C)C=O.[HH]. The Bertz CT molecular complexity index is 139. The summed E-state index contributed by atoms with van der Waals surface area (Å²) < 4.78 is 0. The second-order valence-electron chi connectivity index (χ2n) is 2.32. The van der Waals surface area contributed by atoms with Crippen LogP contribution in [0.25, 0.3) is 0 Å². The molecule has 0 radical (unpaired) electrons. The fourth-order valence-corrected chi connectivity index (χ4v) is 0.397. The quantitative estimate of drug-likeness (QED) is 0.574. The molecule has 0 saturated heterocycles. The topological polar surface area (TPSA) is 49.4 Å². The first-order valence-electron chi connectivity index (χ1n) is 3.06. The van der Waals surface area contributed by atoms with Crippen molar-refractivity contribution in [3.05, 3.63) is 0 Å². The Kier molecular flexibility index (Phi) is 3.46. The molecule has 3 amide bonds. The Balaban J connectivity index is 0. The maximum Gasteiger partial charge on any atom is 0.323 e. The Labute approximate surface area is 61.7 Å². The molecule has 0 aliphatic heterocycles. The number of rotatable bonds is 2. The lowest BCUT2D eigenvalue weighted by atomic mass is 10.4. The van der Waals surface area contributed by atoms with Crippen LogP contribution in [-0.4, -0.2) is 30.4 Å². The largest absolute Gasteiger partial charge is 0.335 e. The van der Waals surface area contributed by atoms with Gasteiger partial charge in [0.05, 0.1) is 0 Å². The summed E-state index contributed by atoms with van der Waals surface area (Å²) in [5, 5.41) is 2.55. The van der Waals surface area contributed by atoms with Gasteiger partial charge >= 0.3 is 6.03 Å². The van der Waals surface area contributed by atoms with Crippen LogP contribution in [0.1, 0.15) is 15.3 Å². The van der Waals surface area contributed by atoms with Gasteiger partial charge in [-0.1, -0.05) is 0 Å². The highest BCUT2D eigenvalue weighted by atomic mass is 16.2. The highest BCUT2D eigenvalue weighted by Crippen LogP contribution is 1.81. The molecule has 0 atom stereocenters. The van der Waals surface area contributed by atoms with Crippen LogP contribution < -0.4 is 5.32 Å². The number of nitrogens with zero attached hydrogens (tertiary/aromatic N) is 1. The lowest BCUT2D eigenvalue weighted by Crippen LogP contribution is -2.39. The molecule has 10 heavy (non-hydrogen) atoms. The zero-order chi connectivity index (χ0) is 8.15. The number of carbonyl (C=O) groups is 2. The summed E-state index contributed by atoms with van der Waals surface area (Å²) in [4.78, 5) is 21.7. The van der Waals surface area contributed by atoms with E-state index in [4.69, 9.17) is 0 Å². The number of carbonyl (C=O) groups excluding carboxylic acids is 2. The zero-order valence-corrected chi connectivity index (χ0v) is 6.42. The third-order valence-corrected chi connectivity index (χ3v) is 0.891. The molecule has 0 aromatic rings. The zero-order valence-electron chi connectivity index (χ0n) is 6.42. The van der Waals surface area contributed by atoms with Crippen LogP contribution in [-0.2, 0) is 4.79 Å². The number of hydrogen-bond acceptors (Lipinski definition) is 2. The maximum atomic E-state index is 10.8. The van der Waals surface area contributed by atoms with Crippen LogP contribution in [0.2, 0.25) is 0 Å². The molecule has 0 unspecified atom stereocenters. The third kappa shape index (κ3) is 3.06. The first-order chi connectivity index (χ1) is 4.57. The summed E-state index contributed by atoms with van der Waals surface area (Å²) in [6.45, 7) is 3.66. The van der Waals surface area contributed by atoms with Crippen molar-refractivity contribution in [1.29, 1.82) is 0 Å². The monoisotopic (exact) mass is 146 g/mol. The van der Waals surface area contributed by atoms with Crippen LogP contribution in [0.5, 0.6) is 0 Å². The minimum absolute atomic E-state index is 0. The number of amides is 3. The Morgan fingerprint density at radius 3 is 2.50 bits per heavy atom. The second kappa shape index (κ2) is 3.87. The third-order valence-electron chi connectivity index (χ3n) is 0.891. The smallest absolute Gasteiger partial charge is 0.323 e. The van der Waals surface area contributed by atoms with Crippen LogP contribution in [0.4, 0.5) is 4.79 Å². The number of urea groups is 1. The van der Waals surface area contributed by atoms with Gasteiger partial charge in [0.1, 0.15) is 0 Å². The first-order valence-corrected chi connectivity index (χ1v) is 3.06. The van der Waals surface area contributed by atoms with Crippen molar-refractivity contribution in [2.45, 2.75) is 19.9 Å². The Morgan fingerprint density at radius 2 is 2.20 bits per heavy atom. The van der Waals surface area contributed by atoms with E-state index < -0.39 is 0 Å². The minimum atomic E-state index is -0.370. The van der Waals surface area contributed by atoms with Gasteiger partial charge in [-0.25, -0.2) is 4.79 Å². The predicted octanol–water partition coefficient (Wildman–Crippen LogP) is 0.439. The molecular formula is C6H14N2O2. The molecule has 0 heterocycles. The molecule has 0 aromatic carbocycles. The average Bonchev–Trinajstić information content (AvgIpc) is 1.85. The van der Waals surface area contributed by atoms with Crippen LogP contribution >= 0.6 is 0 Å². The van der Waals surface area contributed by atoms with Crippen molar-refractivity contribution in [3.8, 4) is 0 Å². The summed E-state index contributed by atoms with van der Waals surface area (Å²) in [6, 6.07) is -0.306. The summed E-state index contributed by atoms with van der Waals surface area (Å²) in [5.74, 6) is 0. The van der Waals surface area contributed by atoms with E-state index in [2.05, 4.69) is 5.32 Å². The van der Waals surface area contributed by atoms with Crippen LogP contribution in [0, 0.1) is 0 Å². The van der Waals surface area contributed by atoms with Gasteiger partial charge in [0, 0.05) is 14.5 Å². The van der Waals surface area contributed by atoms with Gasteiger partial charge in [-0.3, -0.25) is 9.69 Å². The second-order valence-corrected chi connectivity index (χ2v) is 2.32. The molecule has 0 fully saturated rings. The van der Waals surface area contributed by atoms with E-state index >= 15 is 0 Å². The van der Waals surface area contributed by atoms with Crippen molar-refractivity contribution in [2.24, 2.45) is 0 Å². The lowest BCUT2D eigenvalue weighted by molar-refractivity contribution is -0.114. The molecule has 0 spiro atoms. The highest BCUT2D eigenvalue weighted by Gasteiger charge is 2.06. The Hall–Kier alpha value is -1.06. The number of nitrogens with one attached hydrogen (secondary N) is 1. The molecule has 4 heteroatoms. The predicted molar refractivity (Wildman–Crippen MR) is 39.6 cm³/mol. The maximum absolute atomic E-state index is 10.8. The van der Waals surface area contributed by atoms with E-state index in [0.29, 0.717) is 6.41 Å². The van der Waals surface area contributed by atoms with Crippen molar-refractivity contribution in [1.82, 2.24) is 10.2 Å². The van der Waals surface area contributed by atoms with Gasteiger partial charge in [0.15, 0.2) is 0 Å². The van der Waals surface area contributed by atoms with Gasteiger partial charge < -0.3 is 5.32 Å². The van der Waals surface area contributed by atoms with Crippen molar-refractivity contribution in [3.63, 3.8) is 0 Å². The normalized spacial score (nSPS) is 9.20. The van der Waals surface area contributed by atoms with E-state index in [1.165, 1.54) is 7.05 Å². The number of imide groups is 1. The molecule has 0 rings (SSSR count). The van der Waals surface area contributed by atoms with Crippen molar-refractivity contribution >= 4 is 12.4 Å². The molecule has 0 aliphatic rings. The molecule has 60 valence electrons. The van der Waals surface area contributed by atoms with E-state index in [1.54, 1.807) is 0 Å². The van der Waals surface area contributed by atoms with Crippen molar-refractivity contribution < 1.29 is 11.0 Å². The number of hydrogen-bond donors (Lipinski definition) is 1. The molecule has 1 N–H and O–H groups in total. The molecule has 0 aliphatic carbocycles. The van der Waals surface area contributed by atoms with Gasteiger partial charge in [0.25, 0.3) is 0 Å². The molecule has 0 bridgehead atoms. The fourth-order valence-electron chi connectivity index (χ4n) is 0.397. The van der Waals surface area contributed by atoms with Crippen molar-refractivity contribution in [2.75, 3.05) is 7.05 Å². The summed E-state index contributed by atoms with van der Waals surface area (Å²) in [5.41, 5.74) is 0. The van der Waals surface area contributed by atoms with Gasteiger partial charge in [-0.05, 0) is 13.8 Å². The van der Waals surface area contributed by atoms with Crippen LogP contribution in [0.15, 0.2) is 0 Å². The van der Waals surface area contributed by atoms with Gasteiger partial charge in [0.2, 0.25) is 6.41 Å². The molecular weight excluding hydrogens is 132 g/mol. The van der Waals surface area contributed by atoms with E-state index in [-0.39, 0.29) is 13.5 Å². The minimum Gasteiger partial charge on any atom is -0.335 e. The lowest BCUT2D eigenvalue weighted by Gasteiger charge is -2.12. The standard InChI is InChI=1S/C6H12N2O2.H2/c1-5(2)7-6(10)8(3)4-9;/h4-5H,1-3H3,(H,7,10);1H. The summed E-state index contributed by atoms with van der Waals surface area (Å²) >= 11 is 0. The molecule has 0 saturated carbocycles. The highest BCUT2D eigenvalue weighted by molar-refractivity contribution is 5.84. The molecule has 0 aromatic heterocycles. The van der Waals surface area contributed by atoms with Gasteiger partial charge in [-0.2, -0.15) is 0 Å². The Morgan fingerprint density at radius 1 is 1.70 bits per heavy atom. The van der Waals surface area contributed by atoms with Gasteiger partial charge in [-0.15, -0.1) is 0 Å². The average molecular weight is 146 g/mol. The van der Waals surface area contributed by atoms with E-state index in [9.17, 15) is 9.59 Å². The van der Waals surface area contributed by atoms with Crippen LogP contribution in [0.3, 0.4) is 0 Å². The van der Waals surface area contributed by atoms with E-state index in [0.717, 1.165) is 4.90 Å². The summed E-state index contributed by atoms with van der Waals surface area (Å²) in [6.07, 6.45) is 0.470. The first kappa shape index (κ1) is 8.94. The molecule has 4 nitrogen and oxygen atoms in total. The summed E-state index contributed by atoms with van der Waals surface area (Å²) in [7, 11) is 1.41. The fraction of sp³-hybridized carbons (Fsp3) is 0.667. The van der Waals surface area contributed by atoms with E-state index in [1.807, 2.05) is 13.8 Å².